The molecule has 37 heavy (non-hydrogen) atoms. The van der Waals surface area contributed by atoms with Gasteiger partial charge in [-0.25, -0.2) is 0 Å². The molecule has 2 N–H and O–H groups in total. The Morgan fingerprint density at radius 2 is 1.41 bits per heavy atom. The smallest absolute Gasteiger partial charge is 0.166 e. The fourth-order valence-corrected chi connectivity index (χ4v) is 10.5. The SMILES string of the molecule is Cc1ccc(C)n1[C@H]1CCCC[C@@H]1NC(=S)N[C@H](C)C1CCCC1P(c1ccccc1)c1ccccc1. The molecule has 1 aromatic heterocycles. The number of nitrogens with one attached hydrogen (secondary N) is 2. The molecule has 2 aliphatic carbocycles. The van der Waals surface area contributed by atoms with E-state index in [1.165, 1.54) is 66.9 Å². The van der Waals surface area contributed by atoms with E-state index in [9.17, 15) is 0 Å². The molecule has 3 aromatic rings. The minimum absolute atomic E-state index is 0.349. The molecule has 5 rings (SSSR count). The lowest BCUT2D eigenvalue weighted by atomic mass is 9.89. The summed E-state index contributed by atoms with van der Waals surface area (Å²) in [5, 5.41) is 11.4. The molecule has 5 heteroatoms. The molecule has 0 bridgehead atoms. The quantitative estimate of drug-likeness (QED) is 0.261. The van der Waals surface area contributed by atoms with E-state index in [-0.39, 0.29) is 0 Å². The number of nitrogens with zero attached hydrogens (tertiary/aromatic N) is 1. The number of rotatable bonds is 7. The summed E-state index contributed by atoms with van der Waals surface area (Å²) in [5.41, 5.74) is 3.37. The highest BCUT2D eigenvalue weighted by atomic mass is 32.1. The van der Waals surface area contributed by atoms with Crippen molar-refractivity contribution in [3.8, 4) is 0 Å². The number of hydrogen-bond acceptors (Lipinski definition) is 1. The van der Waals surface area contributed by atoms with Crippen molar-refractivity contribution >= 4 is 35.9 Å². The van der Waals surface area contributed by atoms with Crippen molar-refractivity contribution in [3.63, 3.8) is 0 Å². The van der Waals surface area contributed by atoms with Gasteiger partial charge in [-0.05, 0) is 101 Å². The average Bonchev–Trinajstić information content (AvgIpc) is 3.52. The Kier molecular flexibility index (Phi) is 8.67. The molecule has 5 atom stereocenters. The standard InChI is InChI=1S/C32H42N3PS/c1-23-21-22-24(2)35(23)30-19-11-10-18-29(30)34-32(37)33-25(3)28-17-12-20-31(28)36(26-13-6-4-7-14-26)27-15-8-5-9-16-27/h4-9,13-16,21-22,25,28-31H,10-12,17-20H2,1-3H3,(H2,33,34,37)/t25-,28?,29+,30+,31?/m1/s1. The van der Waals surface area contributed by atoms with Gasteiger partial charge in [-0.2, -0.15) is 0 Å². The fraction of sp³-hybridized carbons (Fsp3) is 0.469. The first-order chi connectivity index (χ1) is 18.0. The van der Waals surface area contributed by atoms with Gasteiger partial charge in [-0.1, -0.05) is 79.9 Å². The summed E-state index contributed by atoms with van der Waals surface area (Å²) in [6.07, 6.45) is 8.83. The van der Waals surface area contributed by atoms with Crippen LogP contribution in [-0.4, -0.2) is 27.4 Å². The van der Waals surface area contributed by atoms with Crippen LogP contribution in [0.5, 0.6) is 0 Å². The van der Waals surface area contributed by atoms with E-state index in [2.05, 4.69) is 109 Å². The predicted octanol–water partition coefficient (Wildman–Crippen LogP) is 6.74. The van der Waals surface area contributed by atoms with E-state index in [0.29, 0.717) is 29.7 Å². The first-order valence-corrected chi connectivity index (χ1v) is 16.0. The van der Waals surface area contributed by atoms with Gasteiger partial charge in [-0.3, -0.25) is 0 Å². The first-order valence-electron chi connectivity index (χ1n) is 14.1. The second-order valence-corrected chi connectivity index (χ2v) is 13.9. The molecule has 196 valence electrons. The largest absolute Gasteiger partial charge is 0.360 e. The summed E-state index contributed by atoms with van der Waals surface area (Å²) < 4.78 is 2.53. The van der Waals surface area contributed by atoms with E-state index in [1.807, 2.05) is 0 Å². The van der Waals surface area contributed by atoms with Crippen LogP contribution in [0.15, 0.2) is 72.8 Å². The lowest BCUT2D eigenvalue weighted by Gasteiger charge is -2.37. The van der Waals surface area contributed by atoms with Gasteiger partial charge in [-0.15, -0.1) is 0 Å². The van der Waals surface area contributed by atoms with E-state index in [0.717, 1.165) is 5.11 Å². The summed E-state index contributed by atoms with van der Waals surface area (Å²) in [6.45, 7) is 6.82. The maximum atomic E-state index is 5.96. The highest BCUT2D eigenvalue weighted by Crippen LogP contribution is 2.51. The van der Waals surface area contributed by atoms with Gasteiger partial charge in [0.25, 0.3) is 0 Å². The molecule has 1 heterocycles. The fourth-order valence-electron chi connectivity index (χ4n) is 6.90. The molecule has 3 nitrogen and oxygen atoms in total. The van der Waals surface area contributed by atoms with Crippen molar-refractivity contribution in [3.05, 3.63) is 84.2 Å². The summed E-state index contributed by atoms with van der Waals surface area (Å²) in [7, 11) is -0.412. The van der Waals surface area contributed by atoms with Crippen LogP contribution >= 0.6 is 20.1 Å². The Hall–Kier alpha value is -2.16. The predicted molar refractivity (Wildman–Crippen MR) is 164 cm³/mol. The van der Waals surface area contributed by atoms with Gasteiger partial charge >= 0.3 is 0 Å². The maximum Gasteiger partial charge on any atom is 0.166 e. The summed E-state index contributed by atoms with van der Waals surface area (Å²) in [4.78, 5) is 0. The van der Waals surface area contributed by atoms with Crippen LogP contribution in [-0.2, 0) is 0 Å². The van der Waals surface area contributed by atoms with Gasteiger partial charge in [0.15, 0.2) is 5.11 Å². The number of benzene rings is 2. The van der Waals surface area contributed by atoms with Crippen LogP contribution in [0.2, 0.25) is 0 Å². The van der Waals surface area contributed by atoms with Crippen LogP contribution in [0.3, 0.4) is 0 Å². The molecular formula is C32H42N3PS. The van der Waals surface area contributed by atoms with Crippen molar-refractivity contribution < 1.29 is 0 Å². The Morgan fingerprint density at radius 1 is 0.811 bits per heavy atom. The van der Waals surface area contributed by atoms with Gasteiger partial charge in [0.05, 0.1) is 6.04 Å². The van der Waals surface area contributed by atoms with Gasteiger partial charge in [0.1, 0.15) is 0 Å². The minimum atomic E-state index is -0.412. The maximum absolute atomic E-state index is 5.96. The van der Waals surface area contributed by atoms with E-state index in [1.54, 1.807) is 0 Å². The highest BCUT2D eigenvalue weighted by Gasteiger charge is 2.38. The van der Waals surface area contributed by atoms with Crippen molar-refractivity contribution in [1.82, 2.24) is 15.2 Å². The van der Waals surface area contributed by atoms with E-state index < -0.39 is 7.92 Å². The van der Waals surface area contributed by atoms with E-state index >= 15 is 0 Å². The zero-order valence-corrected chi connectivity index (χ0v) is 24.3. The number of hydrogen-bond donors (Lipinski definition) is 2. The molecular weight excluding hydrogens is 489 g/mol. The van der Waals surface area contributed by atoms with Crippen molar-refractivity contribution in [2.24, 2.45) is 5.92 Å². The third kappa shape index (κ3) is 5.96. The third-order valence-corrected chi connectivity index (χ3v) is 11.9. The molecule has 2 saturated carbocycles. The zero-order valence-electron chi connectivity index (χ0n) is 22.6. The summed E-state index contributed by atoms with van der Waals surface area (Å²) in [6, 6.07) is 28.1. The van der Waals surface area contributed by atoms with Gasteiger partial charge in [0, 0.05) is 23.5 Å². The average molecular weight is 532 g/mol. The van der Waals surface area contributed by atoms with Crippen molar-refractivity contribution in [2.75, 3.05) is 0 Å². The van der Waals surface area contributed by atoms with Crippen molar-refractivity contribution in [2.45, 2.75) is 89.5 Å². The molecule has 0 aliphatic heterocycles. The minimum Gasteiger partial charge on any atom is -0.360 e. The second kappa shape index (κ2) is 12.1. The lowest BCUT2D eigenvalue weighted by molar-refractivity contribution is 0.279. The van der Waals surface area contributed by atoms with Crippen LogP contribution < -0.4 is 21.2 Å². The molecule has 0 radical (unpaired) electrons. The summed E-state index contributed by atoms with van der Waals surface area (Å²) in [5.74, 6) is 0.613. The van der Waals surface area contributed by atoms with Crippen LogP contribution in [0.4, 0.5) is 0 Å². The topological polar surface area (TPSA) is 29.0 Å². The zero-order chi connectivity index (χ0) is 25.8. The van der Waals surface area contributed by atoms with Gasteiger partial charge < -0.3 is 15.2 Å². The monoisotopic (exact) mass is 531 g/mol. The van der Waals surface area contributed by atoms with Gasteiger partial charge in [0.2, 0.25) is 0 Å². The number of thiocarbonyl (C=S) groups is 1. The Labute approximate surface area is 230 Å². The first kappa shape index (κ1) is 26.4. The molecule has 0 spiro atoms. The normalized spacial score (nSPS) is 24.6. The molecule has 2 aromatic carbocycles. The van der Waals surface area contributed by atoms with Crippen LogP contribution in [0.25, 0.3) is 0 Å². The van der Waals surface area contributed by atoms with Crippen LogP contribution in [0.1, 0.15) is 69.3 Å². The highest BCUT2D eigenvalue weighted by molar-refractivity contribution is 7.80. The lowest BCUT2D eigenvalue weighted by Crippen LogP contribution is -2.51. The Bertz CT molecular complexity index is 1100. The molecule has 2 fully saturated rings. The number of aromatic nitrogens is 1. The second-order valence-electron chi connectivity index (χ2n) is 11.1. The summed E-state index contributed by atoms with van der Waals surface area (Å²) >= 11 is 5.96. The molecule has 0 amide bonds. The van der Waals surface area contributed by atoms with Crippen molar-refractivity contribution in [1.29, 1.82) is 0 Å². The van der Waals surface area contributed by atoms with Crippen LogP contribution in [0, 0.1) is 19.8 Å². The molecule has 2 aliphatic rings. The Morgan fingerprint density at radius 3 is 2.03 bits per heavy atom. The third-order valence-electron chi connectivity index (χ3n) is 8.64. The molecule has 0 saturated heterocycles. The molecule has 2 unspecified atom stereocenters. The Balaban J connectivity index is 1.29. The number of aryl methyl sites for hydroxylation is 2. The van der Waals surface area contributed by atoms with E-state index in [4.69, 9.17) is 12.2 Å².